The monoisotopic (exact) mass is 265 g/mol. The molecule has 4 heteroatoms. The molecule has 1 N–H and O–H groups in total. The van der Waals surface area contributed by atoms with Crippen LogP contribution in [0.4, 0.5) is 0 Å². The van der Waals surface area contributed by atoms with Gasteiger partial charge in [-0.15, -0.1) is 0 Å². The second-order valence-electron chi connectivity index (χ2n) is 5.45. The van der Waals surface area contributed by atoms with E-state index in [1.807, 2.05) is 11.6 Å². The lowest BCUT2D eigenvalue weighted by Gasteiger charge is -2.23. The van der Waals surface area contributed by atoms with Crippen molar-refractivity contribution in [1.29, 1.82) is 0 Å². The second kappa shape index (κ2) is 4.71. The van der Waals surface area contributed by atoms with Gasteiger partial charge in [-0.2, -0.15) is 5.10 Å². The molecule has 2 aliphatic rings. The highest BCUT2D eigenvalue weighted by atomic mass is 35.5. The molecule has 3 heterocycles. The Morgan fingerprint density at radius 3 is 2.67 bits per heavy atom. The number of aryl methyl sites for hydroxylation is 2. The van der Waals surface area contributed by atoms with Gasteiger partial charge in [0.1, 0.15) is 0 Å². The topological polar surface area (TPSA) is 29.9 Å². The molecule has 0 aromatic carbocycles. The third-order valence-electron chi connectivity index (χ3n) is 4.08. The van der Waals surface area contributed by atoms with E-state index in [1.54, 1.807) is 0 Å². The zero-order valence-corrected chi connectivity index (χ0v) is 11.8. The van der Waals surface area contributed by atoms with E-state index in [1.165, 1.54) is 31.3 Å². The van der Waals surface area contributed by atoms with Gasteiger partial charge in [-0.3, -0.25) is 4.68 Å². The summed E-state index contributed by atoms with van der Waals surface area (Å²) in [6.45, 7) is 4.96. The summed E-state index contributed by atoms with van der Waals surface area (Å²) in [6, 6.07) is 1.38. The summed E-state index contributed by atoms with van der Waals surface area (Å²) in [5, 5.41) is 8.95. The molecule has 1 aromatic heterocycles. The number of nitrogens with one attached hydrogen (secondary N) is 1. The number of hydrogen-bond donors (Lipinski definition) is 1. The molecule has 2 unspecified atom stereocenters. The fourth-order valence-corrected chi connectivity index (χ4v) is 3.40. The quantitative estimate of drug-likeness (QED) is 0.890. The van der Waals surface area contributed by atoms with E-state index in [9.17, 15) is 0 Å². The van der Waals surface area contributed by atoms with E-state index in [0.29, 0.717) is 12.1 Å². The van der Waals surface area contributed by atoms with Gasteiger partial charge in [-0.25, -0.2) is 0 Å². The number of hydrogen-bond acceptors (Lipinski definition) is 2. The number of rotatable bonds is 2. The fraction of sp³-hybridized carbons (Fsp3) is 0.643. The largest absolute Gasteiger partial charge is 0.311 e. The lowest BCUT2D eigenvalue weighted by Crippen LogP contribution is -2.34. The van der Waals surface area contributed by atoms with Crippen molar-refractivity contribution in [2.75, 3.05) is 0 Å². The molecule has 2 saturated heterocycles. The van der Waals surface area contributed by atoms with Crippen molar-refractivity contribution in [3.63, 3.8) is 0 Å². The second-order valence-corrected chi connectivity index (χ2v) is 5.83. The number of piperidine rings is 1. The van der Waals surface area contributed by atoms with Gasteiger partial charge in [-0.1, -0.05) is 17.2 Å². The van der Waals surface area contributed by atoms with E-state index in [-0.39, 0.29) is 0 Å². The Bertz CT molecular complexity index is 475. The Morgan fingerprint density at radius 2 is 2.06 bits per heavy atom. The normalized spacial score (nSPS) is 26.7. The number of halogens is 1. The van der Waals surface area contributed by atoms with Gasteiger partial charge in [0.15, 0.2) is 0 Å². The first-order valence-corrected chi connectivity index (χ1v) is 7.23. The van der Waals surface area contributed by atoms with Crippen LogP contribution in [0.1, 0.15) is 44.0 Å². The average Bonchev–Trinajstić information content (AvgIpc) is 2.83. The van der Waals surface area contributed by atoms with Gasteiger partial charge in [0.05, 0.1) is 16.4 Å². The summed E-state index contributed by atoms with van der Waals surface area (Å²) in [5.74, 6) is 0. The van der Waals surface area contributed by atoms with Crippen LogP contribution in [0.5, 0.6) is 0 Å². The molecule has 18 heavy (non-hydrogen) atoms. The molecule has 2 aliphatic heterocycles. The first kappa shape index (κ1) is 12.2. The smallest absolute Gasteiger partial charge is 0.0888 e. The first-order valence-electron chi connectivity index (χ1n) is 6.85. The van der Waals surface area contributed by atoms with Crippen LogP contribution in [0, 0.1) is 6.92 Å². The van der Waals surface area contributed by atoms with Crippen LogP contribution in [-0.2, 0) is 6.54 Å². The molecule has 2 atom stereocenters. The fourth-order valence-electron chi connectivity index (χ4n) is 3.21. The molecule has 0 aliphatic carbocycles. The molecule has 0 spiro atoms. The van der Waals surface area contributed by atoms with Crippen molar-refractivity contribution in [3.8, 4) is 0 Å². The SMILES string of the molecule is CCn1nc(C)c(Cl)c1C=C1CC2CCC(C1)N2. The van der Waals surface area contributed by atoms with Crippen LogP contribution < -0.4 is 5.32 Å². The molecule has 3 rings (SSSR count). The van der Waals surface area contributed by atoms with Crippen LogP contribution in [0.15, 0.2) is 5.57 Å². The molecule has 0 saturated carbocycles. The van der Waals surface area contributed by atoms with E-state index in [4.69, 9.17) is 11.6 Å². The zero-order chi connectivity index (χ0) is 12.7. The molecule has 1 aromatic rings. The minimum absolute atomic E-state index is 0.688. The summed E-state index contributed by atoms with van der Waals surface area (Å²) < 4.78 is 2.01. The summed E-state index contributed by atoms with van der Waals surface area (Å²) in [4.78, 5) is 0. The Morgan fingerprint density at radius 1 is 1.39 bits per heavy atom. The number of nitrogens with zero attached hydrogens (tertiary/aromatic N) is 2. The zero-order valence-electron chi connectivity index (χ0n) is 11.0. The van der Waals surface area contributed by atoms with Gasteiger partial charge in [0.2, 0.25) is 0 Å². The van der Waals surface area contributed by atoms with Crippen molar-refractivity contribution in [2.24, 2.45) is 0 Å². The maximum absolute atomic E-state index is 6.36. The predicted octanol–water partition coefficient (Wildman–Crippen LogP) is 3.16. The molecule has 3 nitrogen and oxygen atoms in total. The lowest BCUT2D eigenvalue weighted by atomic mass is 9.98. The Hall–Kier alpha value is -0.800. The highest BCUT2D eigenvalue weighted by Crippen LogP contribution is 2.33. The summed E-state index contributed by atoms with van der Waals surface area (Å²) in [5.41, 5.74) is 3.55. The predicted molar refractivity (Wildman–Crippen MR) is 74.8 cm³/mol. The Kier molecular flexibility index (Phi) is 3.20. The first-order chi connectivity index (χ1) is 8.67. The van der Waals surface area contributed by atoms with Crippen LogP contribution in [0.3, 0.4) is 0 Å². The van der Waals surface area contributed by atoms with Gasteiger partial charge in [-0.05, 0) is 45.6 Å². The summed E-state index contributed by atoms with van der Waals surface area (Å²) >= 11 is 6.36. The van der Waals surface area contributed by atoms with Crippen molar-refractivity contribution in [3.05, 3.63) is 22.0 Å². The minimum atomic E-state index is 0.688. The average molecular weight is 266 g/mol. The number of aromatic nitrogens is 2. The number of fused-ring (bicyclic) bond motifs is 2. The Balaban J connectivity index is 1.91. The van der Waals surface area contributed by atoms with E-state index >= 15 is 0 Å². The highest BCUT2D eigenvalue weighted by molar-refractivity contribution is 6.32. The van der Waals surface area contributed by atoms with Gasteiger partial charge in [0.25, 0.3) is 0 Å². The minimum Gasteiger partial charge on any atom is -0.311 e. The maximum atomic E-state index is 6.36. The van der Waals surface area contributed by atoms with Gasteiger partial charge < -0.3 is 5.32 Å². The van der Waals surface area contributed by atoms with Crippen LogP contribution in [0.25, 0.3) is 6.08 Å². The summed E-state index contributed by atoms with van der Waals surface area (Å²) in [6.07, 6.45) is 7.25. The van der Waals surface area contributed by atoms with Crippen LogP contribution >= 0.6 is 11.6 Å². The van der Waals surface area contributed by atoms with Gasteiger partial charge >= 0.3 is 0 Å². The van der Waals surface area contributed by atoms with Crippen molar-refractivity contribution in [1.82, 2.24) is 15.1 Å². The third-order valence-corrected chi connectivity index (χ3v) is 4.55. The molecular formula is C14H20ClN3. The summed E-state index contributed by atoms with van der Waals surface area (Å²) in [7, 11) is 0. The van der Waals surface area contributed by atoms with Crippen LogP contribution in [-0.4, -0.2) is 21.9 Å². The molecule has 2 bridgehead atoms. The molecular weight excluding hydrogens is 246 g/mol. The van der Waals surface area contributed by atoms with Crippen molar-refractivity contribution in [2.45, 2.75) is 58.2 Å². The van der Waals surface area contributed by atoms with Crippen molar-refractivity contribution >= 4 is 17.7 Å². The van der Waals surface area contributed by atoms with E-state index in [2.05, 4.69) is 23.4 Å². The van der Waals surface area contributed by atoms with Crippen molar-refractivity contribution < 1.29 is 0 Å². The lowest BCUT2D eigenvalue weighted by molar-refractivity contribution is 0.476. The highest BCUT2D eigenvalue weighted by Gasteiger charge is 2.30. The van der Waals surface area contributed by atoms with E-state index in [0.717, 1.165) is 23.0 Å². The molecule has 0 amide bonds. The molecule has 0 radical (unpaired) electrons. The molecule has 2 fully saturated rings. The third kappa shape index (κ3) is 2.10. The molecule has 98 valence electrons. The Labute approximate surface area is 113 Å². The van der Waals surface area contributed by atoms with Gasteiger partial charge in [0, 0.05) is 18.6 Å². The maximum Gasteiger partial charge on any atom is 0.0888 e. The van der Waals surface area contributed by atoms with E-state index < -0.39 is 0 Å². The standard InChI is InChI=1S/C14H20ClN3/c1-3-18-13(14(15)9(2)17-18)8-10-6-11-4-5-12(7-10)16-11/h8,11-12,16H,3-7H2,1-2H3. The van der Waals surface area contributed by atoms with Crippen LogP contribution in [0.2, 0.25) is 5.02 Å².